The smallest absolute Gasteiger partial charge is 0.0991 e. The lowest BCUT2D eigenvalue weighted by atomic mass is 9.62. The molecule has 0 saturated carbocycles. The molecule has 1 heteroatoms. The summed E-state index contributed by atoms with van der Waals surface area (Å²) >= 11 is 0. The Labute approximate surface area is 177 Å². The summed E-state index contributed by atoms with van der Waals surface area (Å²) in [5.41, 5.74) is 11.1. The normalized spacial score (nSPS) is 19.6. The van der Waals surface area contributed by atoms with Gasteiger partial charge in [-0.15, -0.1) is 0 Å². The van der Waals surface area contributed by atoms with E-state index in [9.17, 15) is 0 Å². The number of hydrogen-bond donors (Lipinski definition) is 0. The van der Waals surface area contributed by atoms with Crippen molar-refractivity contribution >= 4 is 11.6 Å². The molecule has 4 rings (SSSR count). The highest BCUT2D eigenvalue weighted by atomic mass is 14.4. The molecule has 2 aromatic carbocycles. The van der Waals surface area contributed by atoms with Gasteiger partial charge in [0.2, 0.25) is 0 Å². The third-order valence-corrected chi connectivity index (χ3v) is 6.81. The Balaban J connectivity index is 0.00000117. The van der Waals surface area contributed by atoms with Gasteiger partial charge in [0.1, 0.15) is 0 Å². The van der Waals surface area contributed by atoms with Gasteiger partial charge in [0, 0.05) is 0 Å². The average Bonchev–Trinajstić information content (AvgIpc) is 3.10. The Bertz CT molecular complexity index is 996. The van der Waals surface area contributed by atoms with Crippen LogP contribution in [0, 0.1) is 18.3 Å². The molecule has 0 unspecified atom stereocenters. The van der Waals surface area contributed by atoms with Crippen molar-refractivity contribution < 1.29 is 0 Å². The van der Waals surface area contributed by atoms with Gasteiger partial charge in [-0.2, -0.15) is 5.26 Å². The van der Waals surface area contributed by atoms with E-state index < -0.39 is 0 Å². The molecular formula is C28H35N. The van der Waals surface area contributed by atoms with Crippen molar-refractivity contribution in [1.29, 1.82) is 5.26 Å². The molecule has 0 amide bonds. The first-order valence-electron chi connectivity index (χ1n) is 11.1. The van der Waals surface area contributed by atoms with Crippen LogP contribution < -0.4 is 0 Å². The van der Waals surface area contributed by atoms with Gasteiger partial charge < -0.3 is 0 Å². The fourth-order valence-electron chi connectivity index (χ4n) is 4.82. The van der Waals surface area contributed by atoms with Gasteiger partial charge >= 0.3 is 0 Å². The lowest BCUT2D eigenvalue weighted by Crippen LogP contribution is -2.34. The number of fused-ring (bicyclic) bond motifs is 2. The second-order valence-corrected chi connectivity index (χ2v) is 9.68. The highest BCUT2D eigenvalue weighted by Gasteiger charge is 2.37. The Morgan fingerprint density at radius 2 is 1.52 bits per heavy atom. The zero-order chi connectivity index (χ0) is 21.4. The molecule has 29 heavy (non-hydrogen) atoms. The second-order valence-electron chi connectivity index (χ2n) is 9.68. The van der Waals surface area contributed by atoms with Crippen LogP contribution in [0.1, 0.15) is 99.7 Å². The fraction of sp³-hybridized carbons (Fsp3) is 0.464. The number of nitrogens with zero attached hydrogens (tertiary/aromatic N) is 1. The van der Waals surface area contributed by atoms with Crippen molar-refractivity contribution in [3.63, 3.8) is 0 Å². The van der Waals surface area contributed by atoms with Crippen LogP contribution in [0.25, 0.3) is 11.6 Å². The highest BCUT2D eigenvalue weighted by molar-refractivity contribution is 5.86. The van der Waals surface area contributed by atoms with Gasteiger partial charge in [-0.1, -0.05) is 65.8 Å². The predicted molar refractivity (Wildman–Crippen MR) is 125 cm³/mol. The molecule has 0 saturated heterocycles. The van der Waals surface area contributed by atoms with E-state index in [1.54, 1.807) is 0 Å². The molecule has 0 aromatic heterocycles. The first-order valence-corrected chi connectivity index (χ1v) is 11.1. The molecule has 152 valence electrons. The van der Waals surface area contributed by atoms with Crippen LogP contribution in [0.3, 0.4) is 0 Å². The SMILES string of the molecule is CC.Cc1cc2c(cc1/C=C1/CCc3cc(C#N)ccc31)C(C)(C)CCC2(C)C. The van der Waals surface area contributed by atoms with Crippen LogP contribution in [0.15, 0.2) is 30.3 Å². The summed E-state index contributed by atoms with van der Waals surface area (Å²) in [5, 5.41) is 9.15. The van der Waals surface area contributed by atoms with Gasteiger partial charge in [0.15, 0.2) is 0 Å². The molecule has 2 aliphatic carbocycles. The lowest BCUT2D eigenvalue weighted by molar-refractivity contribution is 0.331. The summed E-state index contributed by atoms with van der Waals surface area (Å²) in [4.78, 5) is 0. The minimum atomic E-state index is 0.237. The Morgan fingerprint density at radius 1 is 0.897 bits per heavy atom. The van der Waals surface area contributed by atoms with Crippen molar-refractivity contribution in [1.82, 2.24) is 0 Å². The largest absolute Gasteiger partial charge is 0.192 e. The molecule has 0 bridgehead atoms. The minimum absolute atomic E-state index is 0.237. The molecule has 0 aliphatic heterocycles. The van der Waals surface area contributed by atoms with Gasteiger partial charge in [0.25, 0.3) is 0 Å². The summed E-state index contributed by atoms with van der Waals surface area (Å²) in [6.45, 7) is 15.8. The molecule has 2 aromatic rings. The van der Waals surface area contributed by atoms with Crippen LogP contribution in [0.4, 0.5) is 0 Å². The average molecular weight is 386 g/mol. The number of hydrogen-bond acceptors (Lipinski definition) is 1. The first-order chi connectivity index (χ1) is 13.7. The molecule has 0 radical (unpaired) electrons. The van der Waals surface area contributed by atoms with E-state index in [1.165, 1.54) is 51.8 Å². The quantitative estimate of drug-likeness (QED) is 0.492. The molecule has 2 aliphatic rings. The summed E-state index contributed by atoms with van der Waals surface area (Å²) in [7, 11) is 0. The zero-order valence-corrected chi connectivity index (χ0v) is 19.2. The number of rotatable bonds is 1. The van der Waals surface area contributed by atoms with E-state index in [1.807, 2.05) is 19.9 Å². The van der Waals surface area contributed by atoms with Crippen LogP contribution in [-0.4, -0.2) is 0 Å². The van der Waals surface area contributed by atoms with E-state index in [4.69, 9.17) is 5.26 Å². The second kappa shape index (κ2) is 7.83. The van der Waals surface area contributed by atoms with Crippen LogP contribution in [-0.2, 0) is 17.3 Å². The highest BCUT2D eigenvalue weighted by Crippen LogP contribution is 2.47. The third-order valence-electron chi connectivity index (χ3n) is 6.81. The molecule has 0 fully saturated rings. The lowest BCUT2D eigenvalue weighted by Gasteiger charge is -2.42. The van der Waals surface area contributed by atoms with E-state index in [0.717, 1.165) is 18.4 Å². The van der Waals surface area contributed by atoms with Crippen LogP contribution in [0.5, 0.6) is 0 Å². The summed E-state index contributed by atoms with van der Waals surface area (Å²) in [5.74, 6) is 0. The van der Waals surface area contributed by atoms with E-state index in [-0.39, 0.29) is 10.8 Å². The standard InChI is InChI=1S/C26H29N.C2H6/c1-17-12-23-24(26(4,5)11-10-25(23,2)3)15-21(17)14-20-8-7-19-13-18(16-27)6-9-22(19)20;1-2/h6,9,12-15H,7-8,10-11H2,1-5H3;1-2H3/b20-14-;. The summed E-state index contributed by atoms with van der Waals surface area (Å²) in [6, 6.07) is 13.3. The van der Waals surface area contributed by atoms with Gasteiger partial charge in [-0.05, 0) is 94.5 Å². The number of nitriles is 1. The van der Waals surface area contributed by atoms with E-state index in [0.29, 0.717) is 0 Å². The topological polar surface area (TPSA) is 23.8 Å². The number of benzene rings is 2. The van der Waals surface area contributed by atoms with E-state index in [2.05, 4.69) is 71.0 Å². The number of aryl methyl sites for hydroxylation is 2. The maximum atomic E-state index is 9.15. The Hall–Kier alpha value is -2.33. The maximum absolute atomic E-state index is 9.15. The minimum Gasteiger partial charge on any atom is -0.192 e. The van der Waals surface area contributed by atoms with Crippen LogP contribution in [0.2, 0.25) is 0 Å². The molecular weight excluding hydrogens is 350 g/mol. The molecule has 0 N–H and O–H groups in total. The van der Waals surface area contributed by atoms with Gasteiger partial charge in [-0.3, -0.25) is 0 Å². The zero-order valence-electron chi connectivity index (χ0n) is 19.2. The molecule has 1 nitrogen and oxygen atoms in total. The molecule has 0 atom stereocenters. The van der Waals surface area contributed by atoms with Crippen LogP contribution >= 0.6 is 0 Å². The first kappa shape index (κ1) is 21.4. The van der Waals surface area contributed by atoms with Gasteiger partial charge in [0.05, 0.1) is 11.6 Å². The molecule has 0 heterocycles. The maximum Gasteiger partial charge on any atom is 0.0991 e. The fourth-order valence-corrected chi connectivity index (χ4v) is 4.82. The van der Waals surface area contributed by atoms with Crippen molar-refractivity contribution in [2.45, 2.75) is 85.0 Å². The van der Waals surface area contributed by atoms with Crippen molar-refractivity contribution in [3.8, 4) is 6.07 Å². The Morgan fingerprint density at radius 3 is 2.14 bits per heavy atom. The van der Waals surface area contributed by atoms with Crippen molar-refractivity contribution in [3.05, 3.63) is 69.3 Å². The predicted octanol–water partition coefficient (Wildman–Crippen LogP) is 7.73. The number of allylic oxidation sites excluding steroid dienone is 1. The Kier molecular flexibility index (Phi) is 5.77. The monoisotopic (exact) mass is 385 g/mol. The summed E-state index contributed by atoms with van der Waals surface area (Å²) in [6.07, 6.45) is 6.99. The molecule has 0 spiro atoms. The van der Waals surface area contributed by atoms with Gasteiger partial charge in [-0.25, -0.2) is 0 Å². The van der Waals surface area contributed by atoms with E-state index >= 15 is 0 Å². The van der Waals surface area contributed by atoms with Crippen molar-refractivity contribution in [2.75, 3.05) is 0 Å². The van der Waals surface area contributed by atoms with Crippen molar-refractivity contribution in [2.24, 2.45) is 0 Å². The third kappa shape index (κ3) is 3.91. The summed E-state index contributed by atoms with van der Waals surface area (Å²) < 4.78 is 0.